The second-order valence-corrected chi connectivity index (χ2v) is 4.38. The van der Waals surface area contributed by atoms with Crippen molar-refractivity contribution in [3.05, 3.63) is 40.3 Å². The number of fused-ring (bicyclic) bond motifs is 1. The topological polar surface area (TPSA) is 69.1 Å². The average Bonchev–Trinajstić information content (AvgIpc) is 2.93. The van der Waals surface area contributed by atoms with Gasteiger partial charge in [0.25, 0.3) is 5.78 Å². The fourth-order valence-corrected chi connectivity index (χ4v) is 2.12. The highest BCUT2D eigenvalue weighted by molar-refractivity contribution is 7.10. The van der Waals surface area contributed by atoms with Crippen LogP contribution in [0.5, 0.6) is 0 Å². The Labute approximate surface area is 101 Å². The lowest BCUT2D eigenvalue weighted by Crippen LogP contribution is -1.95. The van der Waals surface area contributed by atoms with E-state index in [1.165, 1.54) is 4.88 Å². The van der Waals surface area contributed by atoms with Crippen LogP contribution in [0.25, 0.3) is 17.9 Å². The minimum Gasteiger partial charge on any atom is -0.366 e. The van der Waals surface area contributed by atoms with Crippen LogP contribution < -0.4 is 5.73 Å². The molecule has 84 valence electrons. The summed E-state index contributed by atoms with van der Waals surface area (Å²) in [5, 5.41) is 6.12. The minimum atomic E-state index is 0.231. The molecule has 0 aromatic carbocycles. The largest absolute Gasteiger partial charge is 0.366 e. The first-order valence-corrected chi connectivity index (χ1v) is 5.90. The van der Waals surface area contributed by atoms with Gasteiger partial charge in [0, 0.05) is 11.1 Å². The van der Waals surface area contributed by atoms with Crippen molar-refractivity contribution in [1.29, 1.82) is 0 Å². The van der Waals surface area contributed by atoms with Crippen LogP contribution in [0.3, 0.4) is 0 Å². The zero-order chi connectivity index (χ0) is 11.7. The summed E-state index contributed by atoms with van der Waals surface area (Å²) < 4.78 is 1.62. The van der Waals surface area contributed by atoms with Crippen molar-refractivity contribution in [1.82, 2.24) is 19.6 Å². The Balaban J connectivity index is 2.05. The first-order chi connectivity index (χ1) is 8.33. The van der Waals surface area contributed by atoms with E-state index < -0.39 is 0 Å². The standard InChI is InChI=1S/C11H9N5S/c12-10-14-11-13-6-5-8(16(11)15-10)3-4-9-2-1-7-17-9/h1-7H,(H2,12,15)/b4-3+. The van der Waals surface area contributed by atoms with E-state index in [0.717, 1.165) is 5.69 Å². The lowest BCUT2D eigenvalue weighted by molar-refractivity contribution is 0.932. The van der Waals surface area contributed by atoms with Crippen molar-refractivity contribution in [2.24, 2.45) is 0 Å². The van der Waals surface area contributed by atoms with Crippen molar-refractivity contribution in [3.63, 3.8) is 0 Å². The summed E-state index contributed by atoms with van der Waals surface area (Å²) in [6.45, 7) is 0. The van der Waals surface area contributed by atoms with Gasteiger partial charge in [0.1, 0.15) is 0 Å². The summed E-state index contributed by atoms with van der Waals surface area (Å²) in [4.78, 5) is 9.28. The fourth-order valence-electron chi connectivity index (χ4n) is 1.51. The maximum atomic E-state index is 5.55. The molecule has 0 fully saturated rings. The highest BCUT2D eigenvalue weighted by atomic mass is 32.1. The van der Waals surface area contributed by atoms with E-state index in [-0.39, 0.29) is 5.95 Å². The van der Waals surface area contributed by atoms with Gasteiger partial charge in [-0.05, 0) is 29.7 Å². The molecular formula is C11H9N5S. The normalized spacial score (nSPS) is 11.5. The molecule has 0 saturated carbocycles. The molecule has 0 amide bonds. The monoisotopic (exact) mass is 243 g/mol. The molecular weight excluding hydrogens is 234 g/mol. The zero-order valence-electron chi connectivity index (χ0n) is 8.82. The van der Waals surface area contributed by atoms with E-state index in [1.807, 2.05) is 29.7 Å². The second kappa shape index (κ2) is 3.99. The molecule has 0 aliphatic heterocycles. The smallest absolute Gasteiger partial charge is 0.254 e. The molecule has 0 radical (unpaired) electrons. The van der Waals surface area contributed by atoms with Crippen LogP contribution >= 0.6 is 11.3 Å². The van der Waals surface area contributed by atoms with Crippen molar-refractivity contribution < 1.29 is 0 Å². The van der Waals surface area contributed by atoms with Gasteiger partial charge < -0.3 is 5.73 Å². The highest BCUT2D eigenvalue weighted by Gasteiger charge is 2.03. The molecule has 6 heteroatoms. The number of anilines is 1. The summed E-state index contributed by atoms with van der Waals surface area (Å²) in [5.41, 5.74) is 6.44. The Hall–Kier alpha value is -2.21. The zero-order valence-corrected chi connectivity index (χ0v) is 9.63. The van der Waals surface area contributed by atoms with E-state index in [9.17, 15) is 0 Å². The van der Waals surface area contributed by atoms with Crippen molar-refractivity contribution in [2.45, 2.75) is 0 Å². The molecule has 0 atom stereocenters. The Bertz CT molecular complexity index is 668. The van der Waals surface area contributed by atoms with Gasteiger partial charge in [-0.2, -0.15) is 9.50 Å². The Morgan fingerprint density at radius 2 is 2.24 bits per heavy atom. The van der Waals surface area contributed by atoms with Crippen LogP contribution in [0.15, 0.2) is 29.8 Å². The molecule has 3 aromatic heterocycles. The molecule has 0 unspecified atom stereocenters. The van der Waals surface area contributed by atoms with Gasteiger partial charge in [-0.1, -0.05) is 6.07 Å². The molecule has 2 N–H and O–H groups in total. The molecule has 3 rings (SSSR count). The molecule has 0 aliphatic rings. The van der Waals surface area contributed by atoms with Crippen molar-refractivity contribution >= 4 is 35.2 Å². The first-order valence-electron chi connectivity index (χ1n) is 5.02. The number of hydrogen-bond acceptors (Lipinski definition) is 5. The third-order valence-electron chi connectivity index (χ3n) is 2.25. The van der Waals surface area contributed by atoms with Crippen molar-refractivity contribution in [3.8, 4) is 0 Å². The molecule has 0 bridgehead atoms. The number of nitrogens with zero attached hydrogens (tertiary/aromatic N) is 4. The SMILES string of the molecule is Nc1nc2nccc(/C=C/c3cccs3)n2n1. The third-order valence-corrected chi connectivity index (χ3v) is 3.09. The molecule has 0 spiro atoms. The summed E-state index contributed by atoms with van der Waals surface area (Å²) in [6.07, 6.45) is 5.68. The van der Waals surface area contributed by atoms with Gasteiger partial charge in [0.2, 0.25) is 5.95 Å². The first kappa shape index (κ1) is 9.98. The van der Waals surface area contributed by atoms with Gasteiger partial charge in [-0.15, -0.1) is 16.4 Å². The predicted molar refractivity (Wildman–Crippen MR) is 68.4 cm³/mol. The molecule has 5 nitrogen and oxygen atoms in total. The van der Waals surface area contributed by atoms with Crippen LogP contribution in [0.4, 0.5) is 5.95 Å². The Kier molecular flexibility index (Phi) is 2.34. The maximum absolute atomic E-state index is 5.55. The van der Waals surface area contributed by atoms with E-state index >= 15 is 0 Å². The lowest BCUT2D eigenvalue weighted by Gasteiger charge is -1.95. The summed E-state index contributed by atoms with van der Waals surface area (Å²) >= 11 is 1.68. The molecule has 3 heterocycles. The third kappa shape index (κ3) is 1.90. The van der Waals surface area contributed by atoms with E-state index in [2.05, 4.69) is 21.1 Å². The summed E-state index contributed by atoms with van der Waals surface area (Å²) in [7, 11) is 0. The second-order valence-electron chi connectivity index (χ2n) is 3.40. The fraction of sp³-hybridized carbons (Fsp3) is 0. The predicted octanol–water partition coefficient (Wildman–Crippen LogP) is 1.94. The quantitative estimate of drug-likeness (QED) is 0.746. The number of thiophene rings is 1. The van der Waals surface area contributed by atoms with Crippen LogP contribution in [0, 0.1) is 0 Å². The Morgan fingerprint density at radius 1 is 1.29 bits per heavy atom. The van der Waals surface area contributed by atoms with Crippen LogP contribution in [-0.2, 0) is 0 Å². The lowest BCUT2D eigenvalue weighted by atomic mass is 10.3. The maximum Gasteiger partial charge on any atom is 0.254 e. The number of aromatic nitrogens is 4. The average molecular weight is 243 g/mol. The molecule has 0 aliphatic carbocycles. The van der Waals surface area contributed by atoms with Gasteiger partial charge in [-0.25, -0.2) is 4.98 Å². The van der Waals surface area contributed by atoms with Gasteiger partial charge >= 0.3 is 0 Å². The van der Waals surface area contributed by atoms with Crippen LogP contribution in [-0.4, -0.2) is 19.6 Å². The molecule has 0 saturated heterocycles. The van der Waals surface area contributed by atoms with Gasteiger partial charge in [0.15, 0.2) is 0 Å². The number of nitrogens with two attached hydrogens (primary N) is 1. The number of nitrogen functional groups attached to an aromatic ring is 1. The van der Waals surface area contributed by atoms with Gasteiger partial charge in [-0.3, -0.25) is 0 Å². The minimum absolute atomic E-state index is 0.231. The van der Waals surface area contributed by atoms with E-state index in [1.54, 1.807) is 22.0 Å². The number of hydrogen-bond donors (Lipinski definition) is 1. The Morgan fingerprint density at radius 3 is 3.06 bits per heavy atom. The summed E-state index contributed by atoms with van der Waals surface area (Å²) in [5.74, 6) is 0.741. The van der Waals surface area contributed by atoms with E-state index in [4.69, 9.17) is 5.73 Å². The molecule has 17 heavy (non-hydrogen) atoms. The van der Waals surface area contributed by atoms with Crippen LogP contribution in [0.2, 0.25) is 0 Å². The highest BCUT2D eigenvalue weighted by Crippen LogP contribution is 2.13. The van der Waals surface area contributed by atoms with Crippen molar-refractivity contribution in [2.75, 3.05) is 5.73 Å². The van der Waals surface area contributed by atoms with E-state index in [0.29, 0.717) is 5.78 Å². The molecule has 3 aromatic rings. The van der Waals surface area contributed by atoms with Crippen LogP contribution in [0.1, 0.15) is 10.6 Å². The summed E-state index contributed by atoms with van der Waals surface area (Å²) in [6, 6.07) is 5.93. The number of rotatable bonds is 2. The van der Waals surface area contributed by atoms with Gasteiger partial charge in [0.05, 0.1) is 5.69 Å².